The number of para-hydroxylation sites is 1. The molecule has 3 N–H and O–H groups in total. The number of nitrogens with one attached hydrogen (secondary N) is 3. The van der Waals surface area contributed by atoms with E-state index in [9.17, 15) is 22.8 Å². The minimum Gasteiger partial charge on any atom is -0.494 e. The van der Waals surface area contributed by atoms with Crippen molar-refractivity contribution in [3.63, 3.8) is 0 Å². The summed E-state index contributed by atoms with van der Waals surface area (Å²) in [6, 6.07) is 16.8. The zero-order valence-corrected chi connectivity index (χ0v) is 36.7. The first-order valence-electron chi connectivity index (χ1n) is 21.3. The van der Waals surface area contributed by atoms with E-state index < -0.39 is 27.7 Å². The maximum Gasteiger partial charge on any atom is 0.234 e. The number of carbonyl (C=O) groups excluding carboxylic acids is 3. The molecule has 6 heterocycles. The first-order chi connectivity index (χ1) is 30.3. The molecule has 3 amide bonds. The normalized spacial score (nSPS) is 20.0. The van der Waals surface area contributed by atoms with Crippen molar-refractivity contribution in [3.05, 3.63) is 82.8 Å². The van der Waals surface area contributed by atoms with Gasteiger partial charge in [-0.2, -0.15) is 4.98 Å². The molecular formula is C44H50ClFN10O6S. The van der Waals surface area contributed by atoms with Gasteiger partial charge in [0.2, 0.25) is 33.7 Å². The van der Waals surface area contributed by atoms with Gasteiger partial charge < -0.3 is 30.1 Å². The summed E-state index contributed by atoms with van der Waals surface area (Å²) in [5.74, 6) is -0.709. The molecule has 5 aliphatic rings. The number of hydrogen-bond acceptors (Lipinski definition) is 13. The molecule has 0 saturated carbocycles. The lowest BCUT2D eigenvalue weighted by Crippen LogP contribution is -2.59. The number of piperidine rings is 2. The molecule has 332 valence electrons. The van der Waals surface area contributed by atoms with Crippen molar-refractivity contribution >= 4 is 79.5 Å². The lowest BCUT2D eigenvalue weighted by Gasteiger charge is -2.46. The van der Waals surface area contributed by atoms with Crippen LogP contribution in [0.1, 0.15) is 42.7 Å². The largest absolute Gasteiger partial charge is 0.494 e. The molecule has 0 spiro atoms. The van der Waals surface area contributed by atoms with E-state index in [1.807, 2.05) is 40.1 Å². The van der Waals surface area contributed by atoms with Crippen molar-refractivity contribution in [2.45, 2.75) is 44.1 Å². The Morgan fingerprint density at radius 2 is 1.63 bits per heavy atom. The first kappa shape index (κ1) is 42.6. The highest BCUT2D eigenvalue weighted by molar-refractivity contribution is 7.92. The van der Waals surface area contributed by atoms with Gasteiger partial charge in [-0.05, 0) is 61.6 Å². The van der Waals surface area contributed by atoms with E-state index in [1.165, 1.54) is 22.8 Å². The van der Waals surface area contributed by atoms with Crippen LogP contribution in [0.2, 0.25) is 5.02 Å². The van der Waals surface area contributed by atoms with Gasteiger partial charge in [0.05, 0.1) is 48.5 Å². The summed E-state index contributed by atoms with van der Waals surface area (Å²) in [4.78, 5) is 55.1. The highest BCUT2D eigenvalue weighted by Crippen LogP contribution is 2.40. The van der Waals surface area contributed by atoms with Crippen LogP contribution in [0.5, 0.6) is 5.75 Å². The van der Waals surface area contributed by atoms with E-state index in [2.05, 4.69) is 35.7 Å². The summed E-state index contributed by atoms with van der Waals surface area (Å²) in [5, 5.41) is 9.05. The number of carbonyl (C=O) groups is 3. The molecule has 63 heavy (non-hydrogen) atoms. The number of methoxy groups -OCH3 is 1. The number of ether oxygens (including phenoxy) is 1. The predicted octanol–water partition coefficient (Wildman–Crippen LogP) is 4.86. The van der Waals surface area contributed by atoms with Crippen LogP contribution in [0.15, 0.2) is 60.8 Å². The van der Waals surface area contributed by atoms with Gasteiger partial charge in [0, 0.05) is 94.4 Å². The summed E-state index contributed by atoms with van der Waals surface area (Å²) in [6.45, 7) is 6.18. The number of anilines is 7. The van der Waals surface area contributed by atoms with Gasteiger partial charge in [-0.25, -0.2) is 17.8 Å². The van der Waals surface area contributed by atoms with E-state index in [4.69, 9.17) is 16.3 Å². The molecule has 1 unspecified atom stereocenters. The number of benzene rings is 3. The number of aromatic nitrogens is 2. The van der Waals surface area contributed by atoms with Crippen LogP contribution in [0.3, 0.4) is 0 Å². The Morgan fingerprint density at radius 3 is 2.35 bits per heavy atom. The van der Waals surface area contributed by atoms with E-state index in [0.717, 1.165) is 50.3 Å². The fourth-order valence-electron chi connectivity index (χ4n) is 9.48. The van der Waals surface area contributed by atoms with Crippen LogP contribution in [0, 0.1) is 11.7 Å². The van der Waals surface area contributed by atoms with Crippen LogP contribution < -0.4 is 34.8 Å². The van der Waals surface area contributed by atoms with E-state index in [1.54, 1.807) is 25.3 Å². The van der Waals surface area contributed by atoms with Crippen molar-refractivity contribution in [2.24, 2.45) is 5.92 Å². The lowest BCUT2D eigenvalue weighted by atomic mass is 9.89. The summed E-state index contributed by atoms with van der Waals surface area (Å²) < 4.78 is 47.3. The van der Waals surface area contributed by atoms with Gasteiger partial charge in [-0.1, -0.05) is 29.8 Å². The molecular weight excluding hydrogens is 851 g/mol. The number of nitrogens with zero attached hydrogens (tertiary/aromatic N) is 7. The molecule has 3 aromatic carbocycles. The topological polar surface area (TPSA) is 173 Å². The second-order valence-electron chi connectivity index (χ2n) is 16.8. The lowest BCUT2D eigenvalue weighted by molar-refractivity contribution is -0.138. The Hall–Kier alpha value is -5.72. The summed E-state index contributed by atoms with van der Waals surface area (Å²) in [7, 11) is -1.85. The number of sulfonamides is 1. The molecule has 1 atom stereocenters. The average molecular weight is 901 g/mol. The molecule has 1 aromatic heterocycles. The highest BCUT2D eigenvalue weighted by atomic mass is 35.5. The van der Waals surface area contributed by atoms with Gasteiger partial charge in [0.1, 0.15) is 16.6 Å². The van der Waals surface area contributed by atoms with Gasteiger partial charge in [0.15, 0.2) is 5.82 Å². The van der Waals surface area contributed by atoms with Crippen molar-refractivity contribution in [2.75, 3.05) is 97.0 Å². The molecule has 0 aliphatic carbocycles. The predicted molar refractivity (Wildman–Crippen MR) is 240 cm³/mol. The Bertz CT molecular complexity index is 2550. The van der Waals surface area contributed by atoms with Crippen molar-refractivity contribution in [1.82, 2.24) is 25.1 Å². The third-order valence-electron chi connectivity index (χ3n) is 12.9. The minimum absolute atomic E-state index is 0.137. The zero-order valence-electron chi connectivity index (χ0n) is 35.1. The van der Waals surface area contributed by atoms with Crippen LogP contribution in [0.25, 0.3) is 0 Å². The zero-order chi connectivity index (χ0) is 44.0. The molecule has 19 heteroatoms. The maximum atomic E-state index is 15.1. The number of hydrogen-bond donors (Lipinski definition) is 3. The molecule has 0 bridgehead atoms. The number of amides is 3. The molecule has 16 nitrogen and oxygen atoms in total. The Kier molecular flexibility index (Phi) is 11.8. The number of fused-ring (bicyclic) bond motifs is 1. The molecule has 4 aromatic rings. The van der Waals surface area contributed by atoms with Crippen LogP contribution in [-0.2, 0) is 30.8 Å². The minimum atomic E-state index is -3.47. The summed E-state index contributed by atoms with van der Waals surface area (Å²) >= 11 is 6.52. The van der Waals surface area contributed by atoms with Crippen LogP contribution in [0.4, 0.5) is 44.6 Å². The third-order valence-corrected chi connectivity index (χ3v) is 14.4. The molecule has 4 saturated heterocycles. The molecule has 9 rings (SSSR count). The molecule has 4 fully saturated rings. The number of rotatable bonds is 11. The SMILES string of the molecule is COc1cc(N2CCC(N3CCN(C(=O)C4CN(c5ccc(C6CCC(=O)NC6=O)c(F)c5)C4)CC3)CC2)ccc1Nc1ncc(Cl)c(Nc2cccc3c2N(S(C)(=O)=O)CC3)n1. The van der Waals surface area contributed by atoms with Crippen molar-refractivity contribution in [3.8, 4) is 5.75 Å². The smallest absolute Gasteiger partial charge is 0.234 e. The fraction of sp³-hybridized carbons (Fsp3) is 0.432. The fourth-order valence-corrected chi connectivity index (χ4v) is 10.6. The molecule has 5 aliphatic heterocycles. The van der Waals surface area contributed by atoms with E-state index in [0.29, 0.717) is 91.5 Å². The monoisotopic (exact) mass is 900 g/mol. The third kappa shape index (κ3) is 8.80. The number of halogens is 2. The highest BCUT2D eigenvalue weighted by Gasteiger charge is 2.38. The number of piperazine rings is 1. The van der Waals surface area contributed by atoms with Crippen molar-refractivity contribution < 1.29 is 31.9 Å². The summed E-state index contributed by atoms with van der Waals surface area (Å²) in [5.41, 5.74) is 4.79. The van der Waals surface area contributed by atoms with Crippen molar-refractivity contribution in [1.29, 1.82) is 0 Å². The quantitative estimate of drug-likeness (QED) is 0.175. The van der Waals surface area contributed by atoms with E-state index >= 15 is 4.39 Å². The Balaban J connectivity index is 0.749. The van der Waals surface area contributed by atoms with Crippen LogP contribution >= 0.6 is 11.6 Å². The van der Waals surface area contributed by atoms with Crippen LogP contribution in [-0.4, -0.2) is 124 Å². The Morgan fingerprint density at radius 1 is 0.889 bits per heavy atom. The van der Waals surface area contributed by atoms with Gasteiger partial charge in [0.25, 0.3) is 0 Å². The second kappa shape index (κ2) is 17.4. The maximum absolute atomic E-state index is 15.1. The average Bonchev–Trinajstić information content (AvgIpc) is 3.72. The van der Waals surface area contributed by atoms with Gasteiger partial charge in [-0.3, -0.25) is 28.9 Å². The number of imide groups is 1. The first-order valence-corrected chi connectivity index (χ1v) is 23.6. The van der Waals surface area contributed by atoms with Gasteiger partial charge >= 0.3 is 0 Å². The second-order valence-corrected chi connectivity index (χ2v) is 19.1. The standard InChI is InChI=1S/C44H50ClFN10O6S/c1-62-38-23-31(7-10-36(38)49-44-47-24-34(45)41(51-44)48-37-5-3-4-27-12-17-56(40(27)37)63(2,60)61)52-15-13-29(14-16-52)53-18-20-54(21-19-53)43(59)28-25-55(26-28)30-6-8-32(35(46)22-30)33-9-11-39(57)50-42(33)58/h3-8,10,22-24,28-29,33H,9,11-21,25-26H2,1-2H3,(H,50,57,58)(H2,47,48,49,51). The summed E-state index contributed by atoms with van der Waals surface area (Å²) in [6.07, 6.45) is 5.77. The van der Waals surface area contributed by atoms with Gasteiger partial charge in [-0.15, -0.1) is 0 Å². The van der Waals surface area contributed by atoms with E-state index in [-0.39, 0.29) is 35.1 Å². The Labute approximate surface area is 370 Å². The molecule has 0 radical (unpaired) electrons.